The van der Waals surface area contributed by atoms with Crippen molar-refractivity contribution >= 4 is 35.4 Å². The van der Waals surface area contributed by atoms with Crippen LogP contribution in [0.5, 0.6) is 0 Å². The number of nitrogens with one attached hydrogen (secondary N) is 1. The van der Waals surface area contributed by atoms with Crippen LogP contribution in [-0.4, -0.2) is 72.7 Å². The zero-order chi connectivity index (χ0) is 22.2. The first-order chi connectivity index (χ1) is 14.1. The summed E-state index contributed by atoms with van der Waals surface area (Å²) >= 11 is 0. The highest BCUT2D eigenvalue weighted by Crippen LogP contribution is 2.38. The van der Waals surface area contributed by atoms with Gasteiger partial charge in [0.05, 0.1) is 6.67 Å². The van der Waals surface area contributed by atoms with Gasteiger partial charge in [0.15, 0.2) is 24.3 Å². The molecular formula is C17H23N5O8. The van der Waals surface area contributed by atoms with Crippen molar-refractivity contribution in [3.05, 3.63) is 10.4 Å². The van der Waals surface area contributed by atoms with Crippen LogP contribution in [0, 0.1) is 0 Å². The van der Waals surface area contributed by atoms with E-state index in [9.17, 15) is 19.2 Å². The van der Waals surface area contributed by atoms with E-state index in [4.69, 9.17) is 24.7 Å². The van der Waals surface area contributed by atoms with Crippen molar-refractivity contribution in [3.8, 4) is 0 Å². The summed E-state index contributed by atoms with van der Waals surface area (Å²) in [5.41, 5.74) is 5.50. The minimum absolute atomic E-state index is 0.103. The number of anilines is 3. The summed E-state index contributed by atoms with van der Waals surface area (Å²) in [7, 11) is 1.67. The Bertz CT molecular complexity index is 918. The van der Waals surface area contributed by atoms with Gasteiger partial charge in [-0.15, -0.1) is 0 Å². The molecule has 0 radical (unpaired) electrons. The molecule has 1 aromatic heterocycles. The first-order valence-corrected chi connectivity index (χ1v) is 9.09. The second-order valence-corrected chi connectivity index (χ2v) is 6.95. The van der Waals surface area contributed by atoms with E-state index in [1.807, 2.05) is 0 Å². The molecular weight excluding hydrogens is 402 g/mol. The smallest absolute Gasteiger partial charge is 0.303 e. The Kier molecular flexibility index (Phi) is 5.82. The highest BCUT2D eigenvalue weighted by molar-refractivity contribution is 5.73. The van der Waals surface area contributed by atoms with E-state index in [0.717, 1.165) is 0 Å². The molecule has 0 spiro atoms. The van der Waals surface area contributed by atoms with Gasteiger partial charge in [-0.3, -0.25) is 24.2 Å². The molecule has 30 heavy (non-hydrogen) atoms. The van der Waals surface area contributed by atoms with E-state index in [2.05, 4.69) is 9.97 Å². The molecule has 0 amide bonds. The summed E-state index contributed by atoms with van der Waals surface area (Å²) in [5, 5.41) is 0. The SMILES string of the molecule is CC(=O)OC[C@H]1O[C@@H](N2CN(C)c3c2nc(N)[nH]c3=O)[C@H](OC(C)=O)[C@@H]1OC(C)=O. The lowest BCUT2D eigenvalue weighted by Gasteiger charge is -2.29. The lowest BCUT2D eigenvalue weighted by Crippen LogP contribution is -2.48. The topological polar surface area (TPSA) is 166 Å². The second-order valence-electron chi connectivity index (χ2n) is 6.95. The Labute approximate surface area is 171 Å². The van der Waals surface area contributed by atoms with Crippen LogP contribution in [0.1, 0.15) is 20.8 Å². The summed E-state index contributed by atoms with van der Waals surface area (Å²) in [6.45, 7) is 3.54. The number of esters is 3. The van der Waals surface area contributed by atoms with Crippen molar-refractivity contribution in [2.75, 3.05) is 35.9 Å². The molecule has 2 aliphatic rings. The molecule has 0 aromatic carbocycles. The van der Waals surface area contributed by atoms with E-state index in [1.165, 1.54) is 20.8 Å². The third-order valence-electron chi connectivity index (χ3n) is 4.56. The molecule has 3 N–H and O–H groups in total. The van der Waals surface area contributed by atoms with Gasteiger partial charge in [0.2, 0.25) is 5.95 Å². The number of hydrogen-bond donors (Lipinski definition) is 2. The molecule has 1 fully saturated rings. The van der Waals surface area contributed by atoms with Gasteiger partial charge in [-0.25, -0.2) is 0 Å². The summed E-state index contributed by atoms with van der Waals surface area (Å²) < 4.78 is 21.7. The van der Waals surface area contributed by atoms with E-state index in [-0.39, 0.29) is 30.7 Å². The van der Waals surface area contributed by atoms with Crippen LogP contribution in [0.2, 0.25) is 0 Å². The number of nitrogens with two attached hydrogens (primary N) is 1. The van der Waals surface area contributed by atoms with Crippen LogP contribution >= 0.6 is 0 Å². The van der Waals surface area contributed by atoms with Gasteiger partial charge in [-0.05, 0) is 0 Å². The number of ether oxygens (including phenoxy) is 4. The Morgan fingerprint density at radius 3 is 2.40 bits per heavy atom. The van der Waals surface area contributed by atoms with Crippen LogP contribution in [0.3, 0.4) is 0 Å². The average Bonchev–Trinajstić information content (AvgIpc) is 3.10. The number of carbonyl (C=O) groups excluding carboxylic acids is 3. The molecule has 0 aliphatic carbocycles. The monoisotopic (exact) mass is 425 g/mol. The molecule has 3 heterocycles. The number of rotatable bonds is 5. The van der Waals surface area contributed by atoms with E-state index >= 15 is 0 Å². The molecule has 1 aromatic rings. The molecule has 0 bridgehead atoms. The largest absolute Gasteiger partial charge is 0.463 e. The van der Waals surface area contributed by atoms with Crippen molar-refractivity contribution in [2.24, 2.45) is 0 Å². The first-order valence-electron chi connectivity index (χ1n) is 9.09. The highest BCUT2D eigenvalue weighted by atomic mass is 16.7. The molecule has 3 rings (SSSR count). The van der Waals surface area contributed by atoms with E-state index in [0.29, 0.717) is 0 Å². The van der Waals surface area contributed by atoms with Crippen molar-refractivity contribution in [1.82, 2.24) is 9.97 Å². The van der Waals surface area contributed by atoms with Crippen LogP contribution in [0.4, 0.5) is 17.5 Å². The second kappa shape index (κ2) is 8.18. The summed E-state index contributed by atoms with van der Waals surface area (Å²) in [5.74, 6) is -1.71. The van der Waals surface area contributed by atoms with Gasteiger partial charge < -0.3 is 34.5 Å². The van der Waals surface area contributed by atoms with Gasteiger partial charge in [0.25, 0.3) is 5.56 Å². The van der Waals surface area contributed by atoms with Gasteiger partial charge in [0, 0.05) is 27.8 Å². The molecule has 164 valence electrons. The summed E-state index contributed by atoms with van der Waals surface area (Å²) in [6, 6.07) is 0. The number of aromatic nitrogens is 2. The van der Waals surface area contributed by atoms with Gasteiger partial charge in [-0.1, -0.05) is 0 Å². The maximum atomic E-state index is 12.3. The average molecular weight is 425 g/mol. The van der Waals surface area contributed by atoms with Crippen LogP contribution < -0.4 is 21.1 Å². The normalized spacial score (nSPS) is 25.1. The lowest BCUT2D eigenvalue weighted by molar-refractivity contribution is -0.165. The minimum Gasteiger partial charge on any atom is -0.463 e. The van der Waals surface area contributed by atoms with Gasteiger partial charge in [-0.2, -0.15) is 4.98 Å². The first kappa shape index (κ1) is 21.4. The van der Waals surface area contributed by atoms with Gasteiger partial charge in [0.1, 0.15) is 18.4 Å². The van der Waals surface area contributed by atoms with E-state index < -0.39 is 48.0 Å². The Balaban J connectivity index is 2.00. The summed E-state index contributed by atoms with van der Waals surface area (Å²) in [4.78, 5) is 56.8. The Hall–Kier alpha value is -3.35. The molecule has 0 saturated carbocycles. The lowest BCUT2D eigenvalue weighted by atomic mass is 10.1. The number of hydrogen-bond acceptors (Lipinski definition) is 12. The predicted octanol–water partition coefficient (Wildman–Crippen LogP) is -1.28. The zero-order valence-electron chi connectivity index (χ0n) is 16.9. The van der Waals surface area contributed by atoms with Gasteiger partial charge >= 0.3 is 17.9 Å². The van der Waals surface area contributed by atoms with Crippen molar-refractivity contribution in [1.29, 1.82) is 0 Å². The maximum absolute atomic E-state index is 12.3. The molecule has 13 nitrogen and oxygen atoms in total. The maximum Gasteiger partial charge on any atom is 0.303 e. The van der Waals surface area contributed by atoms with E-state index in [1.54, 1.807) is 16.8 Å². The third-order valence-corrected chi connectivity index (χ3v) is 4.56. The molecule has 1 saturated heterocycles. The predicted molar refractivity (Wildman–Crippen MR) is 101 cm³/mol. The number of H-pyrrole nitrogens is 1. The fourth-order valence-corrected chi connectivity index (χ4v) is 3.53. The minimum atomic E-state index is -1.08. The fraction of sp³-hybridized carbons (Fsp3) is 0.588. The molecule has 13 heteroatoms. The quantitative estimate of drug-likeness (QED) is 0.424. The fourth-order valence-electron chi connectivity index (χ4n) is 3.53. The van der Waals surface area contributed by atoms with Crippen LogP contribution in [0.25, 0.3) is 0 Å². The standard InChI is InChI=1S/C17H23N5O8/c1-7(23)27-5-10-12(28-8(2)24)13(29-9(3)25)16(30-10)22-6-21(4)11-14(22)19-17(18)20-15(11)26/h10,12-13,16H,5-6H2,1-4H3,(H3,18,19,20,26)/t10-,12-,13-,16-/m1/s1. The van der Waals surface area contributed by atoms with Crippen LogP contribution in [-0.2, 0) is 33.3 Å². The summed E-state index contributed by atoms with van der Waals surface area (Å²) in [6.07, 6.45) is -4.03. The Morgan fingerprint density at radius 2 is 1.80 bits per heavy atom. The Morgan fingerprint density at radius 1 is 1.17 bits per heavy atom. The number of aromatic amines is 1. The number of nitrogens with zero attached hydrogens (tertiary/aromatic N) is 3. The number of carbonyl (C=O) groups is 3. The highest BCUT2D eigenvalue weighted by Gasteiger charge is 2.53. The van der Waals surface area contributed by atoms with Crippen molar-refractivity contribution in [2.45, 2.75) is 45.3 Å². The molecule has 0 unspecified atom stereocenters. The number of fused-ring (bicyclic) bond motifs is 1. The van der Waals surface area contributed by atoms with Crippen LogP contribution in [0.15, 0.2) is 4.79 Å². The third kappa shape index (κ3) is 4.15. The van der Waals surface area contributed by atoms with Crippen molar-refractivity contribution < 1.29 is 33.3 Å². The molecule has 4 atom stereocenters. The number of nitrogen functional groups attached to an aromatic ring is 1. The van der Waals surface area contributed by atoms with Crippen molar-refractivity contribution in [3.63, 3.8) is 0 Å². The molecule has 2 aliphatic heterocycles. The zero-order valence-corrected chi connectivity index (χ0v) is 16.9.